The number of hydrogen-bond acceptors (Lipinski definition) is 8. The first kappa shape index (κ1) is 13.7. The third-order valence-corrected chi connectivity index (χ3v) is 2.50. The molecule has 9 nitrogen and oxygen atoms in total. The molecule has 0 amide bonds. The lowest BCUT2D eigenvalue weighted by atomic mass is 10.3. The summed E-state index contributed by atoms with van der Waals surface area (Å²) in [6.07, 6.45) is 0.538. The maximum atomic E-state index is 10.8. The van der Waals surface area contributed by atoms with Crippen molar-refractivity contribution in [3.8, 4) is 0 Å². The van der Waals surface area contributed by atoms with Crippen LogP contribution in [-0.4, -0.2) is 33.6 Å². The van der Waals surface area contributed by atoms with Crippen LogP contribution in [0.4, 0.5) is 17.3 Å². The largest absolute Gasteiger partial charge is 0.373 e. The number of anilines is 2. The van der Waals surface area contributed by atoms with Gasteiger partial charge in [0.25, 0.3) is 5.69 Å². The molecule has 0 aliphatic heterocycles. The van der Waals surface area contributed by atoms with Gasteiger partial charge in [0.05, 0.1) is 17.1 Å². The molecule has 0 saturated carbocycles. The zero-order chi connectivity index (χ0) is 14.5. The molecule has 2 rings (SSSR count). The van der Waals surface area contributed by atoms with Crippen LogP contribution in [0.3, 0.4) is 0 Å². The van der Waals surface area contributed by atoms with Crippen LogP contribution < -0.4 is 10.6 Å². The summed E-state index contributed by atoms with van der Waals surface area (Å²) in [6, 6.07) is 2.75. The minimum absolute atomic E-state index is 0.0257. The zero-order valence-corrected chi connectivity index (χ0v) is 11.1. The van der Waals surface area contributed by atoms with Crippen LogP contribution in [0.15, 0.2) is 16.7 Å². The van der Waals surface area contributed by atoms with Gasteiger partial charge in [-0.25, -0.2) is 4.98 Å². The van der Waals surface area contributed by atoms with Crippen LogP contribution in [0.5, 0.6) is 0 Å². The van der Waals surface area contributed by atoms with Crippen molar-refractivity contribution < 1.29 is 9.45 Å². The molecular weight excluding hydrogens is 264 g/mol. The van der Waals surface area contributed by atoms with Gasteiger partial charge >= 0.3 is 0 Å². The van der Waals surface area contributed by atoms with Crippen molar-refractivity contribution in [2.45, 2.75) is 13.3 Å². The van der Waals surface area contributed by atoms with E-state index in [-0.39, 0.29) is 5.69 Å². The van der Waals surface area contributed by atoms with E-state index in [0.29, 0.717) is 36.3 Å². The Morgan fingerprint density at radius 3 is 2.70 bits per heavy atom. The van der Waals surface area contributed by atoms with Crippen molar-refractivity contribution in [3.05, 3.63) is 34.0 Å². The molecule has 106 valence electrons. The maximum absolute atomic E-state index is 10.8. The highest BCUT2D eigenvalue weighted by molar-refractivity contribution is 5.54. The van der Waals surface area contributed by atoms with E-state index in [9.17, 15) is 10.1 Å². The topological polar surface area (TPSA) is 119 Å². The fraction of sp³-hybridized carbons (Fsp3) is 0.364. The Balaban J connectivity index is 2.01. The van der Waals surface area contributed by atoms with Crippen LogP contribution >= 0.6 is 0 Å². The molecule has 2 heterocycles. The Kier molecular flexibility index (Phi) is 4.08. The summed E-state index contributed by atoms with van der Waals surface area (Å²) in [5.74, 6) is 1.93. The van der Waals surface area contributed by atoms with Crippen LogP contribution in [0, 0.1) is 17.0 Å². The van der Waals surface area contributed by atoms with E-state index in [4.69, 9.17) is 4.52 Å². The Hall–Kier alpha value is -2.71. The number of rotatable bonds is 6. The number of aryl methyl sites for hydroxylation is 1. The van der Waals surface area contributed by atoms with E-state index in [1.54, 1.807) is 14.0 Å². The summed E-state index contributed by atoms with van der Waals surface area (Å²) < 4.78 is 4.85. The molecule has 0 atom stereocenters. The van der Waals surface area contributed by atoms with E-state index in [2.05, 4.69) is 25.8 Å². The first-order chi connectivity index (χ1) is 9.58. The Bertz CT molecular complexity index is 612. The number of nitrogens with zero attached hydrogens (tertiary/aromatic N) is 4. The second kappa shape index (κ2) is 5.95. The highest BCUT2D eigenvalue weighted by Crippen LogP contribution is 2.20. The minimum atomic E-state index is -0.462. The quantitative estimate of drug-likeness (QED) is 0.600. The smallest absolute Gasteiger partial charge is 0.276 e. The number of nitro groups is 1. The fourth-order valence-corrected chi connectivity index (χ4v) is 1.59. The Morgan fingerprint density at radius 2 is 2.10 bits per heavy atom. The van der Waals surface area contributed by atoms with Crippen molar-refractivity contribution in [3.63, 3.8) is 0 Å². The van der Waals surface area contributed by atoms with Crippen LogP contribution in [0.25, 0.3) is 0 Å². The number of nitrogens with one attached hydrogen (secondary N) is 2. The molecule has 2 aromatic rings. The van der Waals surface area contributed by atoms with Gasteiger partial charge in [-0.1, -0.05) is 5.16 Å². The second-order valence-corrected chi connectivity index (χ2v) is 4.01. The molecule has 0 spiro atoms. The van der Waals surface area contributed by atoms with Crippen molar-refractivity contribution >= 4 is 17.3 Å². The highest BCUT2D eigenvalue weighted by Gasteiger charge is 2.10. The van der Waals surface area contributed by atoms with Gasteiger partial charge in [-0.05, 0) is 0 Å². The van der Waals surface area contributed by atoms with Gasteiger partial charge in [-0.2, -0.15) is 4.98 Å². The van der Waals surface area contributed by atoms with Gasteiger partial charge in [-0.15, -0.1) is 0 Å². The summed E-state index contributed by atoms with van der Waals surface area (Å²) >= 11 is 0. The molecule has 0 aliphatic rings. The van der Waals surface area contributed by atoms with Crippen molar-refractivity contribution in [2.24, 2.45) is 0 Å². The average Bonchev–Trinajstić information content (AvgIpc) is 2.84. The molecule has 0 radical (unpaired) electrons. The van der Waals surface area contributed by atoms with E-state index in [1.165, 1.54) is 12.1 Å². The normalized spacial score (nSPS) is 10.3. The molecule has 0 saturated heterocycles. The molecule has 9 heteroatoms. The SMILES string of the molecule is CNc1cc([N+](=O)[O-])cc(NCCc2noc(C)n2)n1. The fourth-order valence-electron chi connectivity index (χ4n) is 1.59. The van der Waals surface area contributed by atoms with Gasteiger partial charge in [0, 0.05) is 26.9 Å². The van der Waals surface area contributed by atoms with E-state index in [1.807, 2.05) is 0 Å². The lowest BCUT2D eigenvalue weighted by Gasteiger charge is -2.06. The lowest BCUT2D eigenvalue weighted by molar-refractivity contribution is -0.384. The monoisotopic (exact) mass is 278 g/mol. The molecule has 2 aromatic heterocycles. The van der Waals surface area contributed by atoms with E-state index >= 15 is 0 Å². The lowest BCUT2D eigenvalue weighted by Crippen LogP contribution is -2.08. The average molecular weight is 278 g/mol. The summed E-state index contributed by atoms with van der Waals surface area (Å²) in [5, 5.41) is 20.3. The predicted octanol–water partition coefficient (Wildman–Crippen LogP) is 1.38. The molecule has 2 N–H and O–H groups in total. The number of hydrogen-bond donors (Lipinski definition) is 2. The van der Waals surface area contributed by atoms with E-state index in [0.717, 1.165) is 0 Å². The van der Waals surface area contributed by atoms with Gasteiger partial charge < -0.3 is 15.2 Å². The van der Waals surface area contributed by atoms with Crippen LogP contribution in [0.1, 0.15) is 11.7 Å². The molecular formula is C11H14N6O3. The third kappa shape index (κ3) is 3.40. The zero-order valence-electron chi connectivity index (χ0n) is 11.1. The van der Waals surface area contributed by atoms with Gasteiger partial charge in [0.15, 0.2) is 5.82 Å². The van der Waals surface area contributed by atoms with Crippen molar-refractivity contribution in [1.82, 2.24) is 15.1 Å². The maximum Gasteiger partial charge on any atom is 0.276 e. The predicted molar refractivity (Wildman–Crippen MR) is 71.7 cm³/mol. The molecule has 0 bridgehead atoms. The summed E-state index contributed by atoms with van der Waals surface area (Å²) in [6.45, 7) is 2.21. The van der Waals surface area contributed by atoms with Gasteiger partial charge in [0.2, 0.25) is 5.89 Å². The molecule has 0 unspecified atom stereocenters. The standard InChI is InChI=1S/C11H14N6O3/c1-7-14-9(16-20-7)3-4-13-11-6-8(17(18)19)5-10(12-2)15-11/h5-6H,3-4H2,1-2H3,(H2,12,13,15). The Morgan fingerprint density at radius 1 is 1.35 bits per heavy atom. The first-order valence-electron chi connectivity index (χ1n) is 5.96. The minimum Gasteiger partial charge on any atom is -0.373 e. The molecule has 0 aromatic carbocycles. The molecule has 0 fully saturated rings. The van der Waals surface area contributed by atoms with Gasteiger partial charge in [0.1, 0.15) is 11.6 Å². The summed E-state index contributed by atoms with van der Waals surface area (Å²) in [7, 11) is 1.65. The van der Waals surface area contributed by atoms with Crippen molar-refractivity contribution in [1.29, 1.82) is 0 Å². The van der Waals surface area contributed by atoms with Gasteiger partial charge in [-0.3, -0.25) is 10.1 Å². The van der Waals surface area contributed by atoms with Crippen LogP contribution in [-0.2, 0) is 6.42 Å². The van der Waals surface area contributed by atoms with Crippen LogP contribution in [0.2, 0.25) is 0 Å². The van der Waals surface area contributed by atoms with E-state index < -0.39 is 4.92 Å². The molecule has 20 heavy (non-hydrogen) atoms. The number of pyridine rings is 1. The third-order valence-electron chi connectivity index (χ3n) is 2.50. The Labute approximate surface area is 114 Å². The molecule has 0 aliphatic carbocycles. The number of aromatic nitrogens is 3. The van der Waals surface area contributed by atoms with Crippen molar-refractivity contribution in [2.75, 3.05) is 24.2 Å². The second-order valence-electron chi connectivity index (χ2n) is 4.01. The highest BCUT2D eigenvalue weighted by atomic mass is 16.6. The first-order valence-corrected chi connectivity index (χ1v) is 5.96. The summed E-state index contributed by atoms with van der Waals surface area (Å²) in [5.41, 5.74) is -0.0257. The summed E-state index contributed by atoms with van der Waals surface area (Å²) in [4.78, 5) is 18.6.